The molecule has 152 valence electrons. The van der Waals surface area contributed by atoms with Gasteiger partial charge in [0.25, 0.3) is 5.91 Å². The molecule has 1 aromatic heterocycles. The smallest absolute Gasteiger partial charge is 0.274 e. The highest BCUT2D eigenvalue weighted by molar-refractivity contribution is 5.93. The van der Waals surface area contributed by atoms with Crippen molar-refractivity contribution < 1.29 is 9.53 Å². The number of rotatable bonds is 5. The number of piperidine rings is 1. The van der Waals surface area contributed by atoms with Crippen molar-refractivity contribution in [3.05, 3.63) is 40.7 Å². The highest BCUT2D eigenvalue weighted by atomic mass is 16.5. The average Bonchev–Trinajstić information content (AvgIpc) is 3.02. The summed E-state index contributed by atoms with van der Waals surface area (Å²) in [6.45, 7) is 12.3. The second-order valence-corrected chi connectivity index (χ2v) is 8.46. The normalized spacial score (nSPS) is 15.5. The molecule has 0 spiro atoms. The van der Waals surface area contributed by atoms with E-state index in [1.807, 2.05) is 57.5 Å². The summed E-state index contributed by atoms with van der Waals surface area (Å²) in [7, 11) is 0. The van der Waals surface area contributed by atoms with Gasteiger partial charge in [-0.3, -0.25) is 4.79 Å². The number of nitrogens with zero attached hydrogens (tertiary/aromatic N) is 3. The van der Waals surface area contributed by atoms with Crippen LogP contribution in [-0.2, 0) is 6.54 Å². The number of hydrogen-bond donors (Lipinski definition) is 2. The lowest BCUT2D eigenvalue weighted by molar-refractivity contribution is 0.0943. The van der Waals surface area contributed by atoms with Gasteiger partial charge in [-0.05, 0) is 72.2 Å². The van der Waals surface area contributed by atoms with Crippen molar-refractivity contribution in [2.75, 3.05) is 13.1 Å². The maximum Gasteiger partial charge on any atom is 0.274 e. The predicted octanol–water partition coefficient (Wildman–Crippen LogP) is 2.93. The summed E-state index contributed by atoms with van der Waals surface area (Å²) >= 11 is 0. The molecule has 1 aliphatic heterocycles. The molecule has 2 heterocycles. The summed E-state index contributed by atoms with van der Waals surface area (Å²) in [5.41, 5.74) is 2.97. The van der Waals surface area contributed by atoms with Gasteiger partial charge in [0.05, 0.1) is 11.7 Å². The minimum Gasteiger partial charge on any atom is -0.488 e. The molecule has 1 amide bonds. The summed E-state index contributed by atoms with van der Waals surface area (Å²) in [6.07, 6.45) is 2.00. The fourth-order valence-corrected chi connectivity index (χ4v) is 3.44. The molecule has 2 aromatic rings. The molecule has 3 rings (SSSR count). The molecule has 1 fully saturated rings. The SMILES string of the molecule is Cc1ccc(CNC(=O)c2nnn(C3CCNCC3)c2C)c(OC(C)(C)C)c1. The van der Waals surface area contributed by atoms with Crippen LogP contribution in [0.2, 0.25) is 0 Å². The fraction of sp³-hybridized carbons (Fsp3) is 0.571. The summed E-state index contributed by atoms with van der Waals surface area (Å²) in [6, 6.07) is 6.33. The Morgan fingerprint density at radius 3 is 2.68 bits per heavy atom. The molecule has 7 nitrogen and oxygen atoms in total. The summed E-state index contributed by atoms with van der Waals surface area (Å²) in [4.78, 5) is 12.7. The minimum absolute atomic E-state index is 0.208. The van der Waals surface area contributed by atoms with E-state index in [2.05, 4.69) is 20.9 Å². The van der Waals surface area contributed by atoms with E-state index in [9.17, 15) is 4.79 Å². The van der Waals surface area contributed by atoms with E-state index in [1.54, 1.807) is 0 Å². The molecule has 1 aliphatic rings. The van der Waals surface area contributed by atoms with Crippen molar-refractivity contribution in [3.63, 3.8) is 0 Å². The number of aromatic nitrogens is 3. The van der Waals surface area contributed by atoms with Crippen LogP contribution in [0.5, 0.6) is 5.75 Å². The van der Waals surface area contributed by atoms with Crippen LogP contribution in [0.25, 0.3) is 0 Å². The first-order valence-electron chi connectivity index (χ1n) is 9.94. The number of hydrogen-bond acceptors (Lipinski definition) is 5. The molecule has 28 heavy (non-hydrogen) atoms. The van der Waals surface area contributed by atoms with Gasteiger partial charge in [-0.1, -0.05) is 17.3 Å². The van der Waals surface area contributed by atoms with Crippen LogP contribution in [0, 0.1) is 13.8 Å². The Morgan fingerprint density at radius 2 is 2.00 bits per heavy atom. The van der Waals surface area contributed by atoms with E-state index in [4.69, 9.17) is 4.74 Å². The summed E-state index contributed by atoms with van der Waals surface area (Å²) in [5, 5.41) is 14.7. The third-order valence-corrected chi connectivity index (χ3v) is 4.88. The van der Waals surface area contributed by atoms with Gasteiger partial charge in [0.2, 0.25) is 0 Å². The fourth-order valence-electron chi connectivity index (χ4n) is 3.44. The lowest BCUT2D eigenvalue weighted by Crippen LogP contribution is -2.30. The standard InChI is InChI=1S/C21H31N5O2/c1-14-6-7-16(18(12-14)28-21(3,4)5)13-23-20(27)19-15(2)26(25-24-19)17-8-10-22-11-9-17/h6-7,12,17,22H,8-11,13H2,1-5H3,(H,23,27). The van der Waals surface area contributed by atoms with Gasteiger partial charge >= 0.3 is 0 Å². The highest BCUT2D eigenvalue weighted by Crippen LogP contribution is 2.25. The van der Waals surface area contributed by atoms with Crippen molar-refractivity contribution in [1.29, 1.82) is 0 Å². The molecule has 7 heteroatoms. The van der Waals surface area contributed by atoms with Crippen LogP contribution < -0.4 is 15.4 Å². The number of nitrogens with one attached hydrogen (secondary N) is 2. The molecular formula is C21H31N5O2. The van der Waals surface area contributed by atoms with Crippen LogP contribution >= 0.6 is 0 Å². The average molecular weight is 386 g/mol. The maximum absolute atomic E-state index is 12.7. The van der Waals surface area contributed by atoms with Gasteiger partial charge in [0, 0.05) is 12.1 Å². The topological polar surface area (TPSA) is 81.1 Å². The minimum atomic E-state index is -0.305. The van der Waals surface area contributed by atoms with Gasteiger partial charge < -0.3 is 15.4 Å². The molecule has 0 bridgehead atoms. The molecule has 1 aromatic carbocycles. The van der Waals surface area contributed by atoms with Gasteiger partial charge in [-0.15, -0.1) is 5.10 Å². The summed E-state index contributed by atoms with van der Waals surface area (Å²) in [5.74, 6) is 0.586. The molecular weight excluding hydrogens is 354 g/mol. The quantitative estimate of drug-likeness (QED) is 0.827. The van der Waals surface area contributed by atoms with Crippen molar-refractivity contribution in [2.24, 2.45) is 0 Å². The van der Waals surface area contributed by atoms with Crippen molar-refractivity contribution in [3.8, 4) is 5.75 Å². The number of benzene rings is 1. The van der Waals surface area contributed by atoms with Crippen molar-refractivity contribution >= 4 is 5.91 Å². The molecule has 1 saturated heterocycles. The van der Waals surface area contributed by atoms with Crippen LogP contribution in [0.3, 0.4) is 0 Å². The Bertz CT molecular complexity index is 832. The second-order valence-electron chi connectivity index (χ2n) is 8.46. The van der Waals surface area contributed by atoms with Gasteiger partial charge in [-0.2, -0.15) is 0 Å². The van der Waals surface area contributed by atoms with Crippen LogP contribution in [0.1, 0.15) is 67.0 Å². The molecule has 2 N–H and O–H groups in total. The highest BCUT2D eigenvalue weighted by Gasteiger charge is 2.23. The van der Waals surface area contributed by atoms with E-state index < -0.39 is 0 Å². The third kappa shape index (κ3) is 4.90. The first-order chi connectivity index (χ1) is 13.2. The first kappa shape index (κ1) is 20.3. The van der Waals surface area contributed by atoms with E-state index in [0.717, 1.165) is 48.5 Å². The number of aryl methyl sites for hydroxylation is 1. The van der Waals surface area contributed by atoms with Gasteiger partial charge in [0.1, 0.15) is 11.4 Å². The molecule has 0 atom stereocenters. The zero-order valence-electron chi connectivity index (χ0n) is 17.5. The number of carbonyl (C=O) groups is 1. The van der Waals surface area contributed by atoms with E-state index in [-0.39, 0.29) is 11.5 Å². The molecule has 0 saturated carbocycles. The van der Waals surface area contributed by atoms with E-state index in [1.165, 1.54) is 0 Å². The Labute approximate surface area is 166 Å². The van der Waals surface area contributed by atoms with E-state index in [0.29, 0.717) is 18.3 Å². The first-order valence-corrected chi connectivity index (χ1v) is 9.94. The Balaban J connectivity index is 1.70. The molecule has 0 aliphatic carbocycles. The zero-order valence-corrected chi connectivity index (χ0v) is 17.5. The molecule has 0 unspecified atom stereocenters. The van der Waals surface area contributed by atoms with Crippen LogP contribution in [-0.4, -0.2) is 39.6 Å². The van der Waals surface area contributed by atoms with Crippen molar-refractivity contribution in [2.45, 2.75) is 65.6 Å². The maximum atomic E-state index is 12.7. The van der Waals surface area contributed by atoms with Crippen molar-refractivity contribution in [1.82, 2.24) is 25.6 Å². The summed E-state index contributed by atoms with van der Waals surface area (Å²) < 4.78 is 7.97. The van der Waals surface area contributed by atoms with Gasteiger partial charge in [0.15, 0.2) is 5.69 Å². The van der Waals surface area contributed by atoms with E-state index >= 15 is 0 Å². The Hall–Kier alpha value is -2.41. The predicted molar refractivity (Wildman–Crippen MR) is 109 cm³/mol. The van der Waals surface area contributed by atoms with Crippen LogP contribution in [0.4, 0.5) is 0 Å². The number of amides is 1. The zero-order chi connectivity index (χ0) is 20.3. The Morgan fingerprint density at radius 1 is 1.29 bits per heavy atom. The number of ether oxygens (including phenoxy) is 1. The van der Waals surface area contributed by atoms with Gasteiger partial charge in [-0.25, -0.2) is 4.68 Å². The third-order valence-electron chi connectivity index (χ3n) is 4.88. The lowest BCUT2D eigenvalue weighted by Gasteiger charge is -2.24. The monoisotopic (exact) mass is 385 g/mol. The second kappa shape index (κ2) is 8.31. The largest absolute Gasteiger partial charge is 0.488 e. The van der Waals surface area contributed by atoms with Crippen LogP contribution in [0.15, 0.2) is 18.2 Å². The number of carbonyl (C=O) groups excluding carboxylic acids is 1. The molecule has 0 radical (unpaired) electrons. The Kier molecular flexibility index (Phi) is 6.03. The lowest BCUT2D eigenvalue weighted by atomic mass is 10.1.